The third-order valence-corrected chi connectivity index (χ3v) is 9.01. The smallest absolute Gasteiger partial charge is 0.264 e. The van der Waals surface area contributed by atoms with Crippen LogP contribution in [-0.4, -0.2) is 50.4 Å². The van der Waals surface area contributed by atoms with E-state index in [-0.39, 0.29) is 34.3 Å². The van der Waals surface area contributed by atoms with Crippen molar-refractivity contribution in [3.05, 3.63) is 87.4 Å². The fraction of sp³-hybridized carbons (Fsp3) is 0.333. The number of sulfonamides is 1. The molecular weight excluding hydrogens is 621 g/mol. The number of nitrogens with one attached hydrogen (secondary N) is 1. The van der Waals surface area contributed by atoms with Gasteiger partial charge in [-0.05, 0) is 69.7 Å². The van der Waals surface area contributed by atoms with E-state index < -0.39 is 40.0 Å². The number of nitrogens with zero attached hydrogens (tertiary/aromatic N) is 2. The molecule has 1 unspecified atom stereocenters. The Bertz CT molecular complexity index is 1510. The first kappa shape index (κ1) is 33.5. The summed E-state index contributed by atoms with van der Waals surface area (Å²) in [6.07, 6.45) is 0.238. The average molecular weight is 655 g/mol. The molecule has 0 aliphatic carbocycles. The fourth-order valence-corrected chi connectivity index (χ4v) is 6.44. The summed E-state index contributed by atoms with van der Waals surface area (Å²) in [6.45, 7) is 6.44. The zero-order valence-corrected chi connectivity index (χ0v) is 27.1. The Morgan fingerprint density at radius 2 is 1.57 bits per heavy atom. The molecule has 2 amide bonds. The first-order chi connectivity index (χ1) is 19.7. The minimum atomic E-state index is -4.31. The first-order valence-electron chi connectivity index (χ1n) is 13.1. The number of methoxy groups -OCH3 is 1. The molecule has 0 aromatic heterocycles. The highest BCUT2D eigenvalue weighted by Gasteiger charge is 2.36. The maximum absolute atomic E-state index is 14.3. The molecule has 12 heteroatoms. The minimum Gasteiger partial charge on any atom is -0.495 e. The van der Waals surface area contributed by atoms with Crippen LogP contribution in [0.4, 0.5) is 5.69 Å². The molecule has 0 aliphatic heterocycles. The second kappa shape index (κ2) is 14.0. The van der Waals surface area contributed by atoms with Crippen molar-refractivity contribution in [1.82, 2.24) is 10.2 Å². The third kappa shape index (κ3) is 8.10. The van der Waals surface area contributed by atoms with Crippen LogP contribution in [0.3, 0.4) is 0 Å². The molecule has 1 N–H and O–H groups in total. The zero-order valence-electron chi connectivity index (χ0n) is 24.0. The molecule has 3 rings (SSSR count). The number of hydrogen-bond donors (Lipinski definition) is 1. The molecule has 0 fully saturated rings. The lowest BCUT2D eigenvalue weighted by Crippen LogP contribution is -2.55. The van der Waals surface area contributed by atoms with E-state index in [1.54, 1.807) is 49.4 Å². The lowest BCUT2D eigenvalue weighted by molar-refractivity contribution is -0.141. The number of rotatable bonds is 11. The van der Waals surface area contributed by atoms with Crippen LogP contribution in [0, 0.1) is 0 Å². The number of anilines is 1. The Kier molecular flexibility index (Phi) is 11.2. The van der Waals surface area contributed by atoms with Crippen LogP contribution >= 0.6 is 34.8 Å². The summed E-state index contributed by atoms with van der Waals surface area (Å²) in [5.74, 6) is -0.882. The van der Waals surface area contributed by atoms with Crippen molar-refractivity contribution < 1.29 is 22.7 Å². The lowest BCUT2D eigenvalue weighted by Gasteiger charge is -2.35. The van der Waals surface area contributed by atoms with Crippen LogP contribution in [0.15, 0.2) is 71.6 Å². The van der Waals surface area contributed by atoms with E-state index in [9.17, 15) is 18.0 Å². The number of amides is 2. The van der Waals surface area contributed by atoms with E-state index in [0.717, 1.165) is 4.31 Å². The SMILES string of the molecule is CCC(C(=O)NC(C)(C)C)N(Cc1c(Cl)cccc1Cl)C(=O)CN(c1cc(Cl)ccc1OC)S(=O)(=O)c1ccccc1. The van der Waals surface area contributed by atoms with Gasteiger partial charge in [0.1, 0.15) is 18.3 Å². The second-order valence-electron chi connectivity index (χ2n) is 10.5. The summed E-state index contributed by atoms with van der Waals surface area (Å²) < 4.78 is 34.5. The maximum atomic E-state index is 14.3. The van der Waals surface area contributed by atoms with Gasteiger partial charge in [0, 0.05) is 32.7 Å². The molecule has 0 heterocycles. The van der Waals surface area contributed by atoms with Crippen molar-refractivity contribution in [3.63, 3.8) is 0 Å². The van der Waals surface area contributed by atoms with Crippen LogP contribution < -0.4 is 14.4 Å². The van der Waals surface area contributed by atoms with Gasteiger partial charge in [-0.25, -0.2) is 8.42 Å². The number of halogens is 3. The zero-order chi connectivity index (χ0) is 31.2. The molecule has 0 bridgehead atoms. The molecule has 226 valence electrons. The summed E-state index contributed by atoms with van der Waals surface area (Å²) in [6, 6.07) is 16.1. The molecule has 0 radical (unpaired) electrons. The molecule has 0 aliphatic rings. The van der Waals surface area contributed by atoms with Crippen LogP contribution in [0.2, 0.25) is 15.1 Å². The van der Waals surface area contributed by atoms with Gasteiger partial charge in [-0.2, -0.15) is 0 Å². The predicted molar refractivity (Wildman–Crippen MR) is 168 cm³/mol. The van der Waals surface area contributed by atoms with Crippen molar-refractivity contribution in [2.45, 2.75) is 57.1 Å². The molecule has 1 atom stereocenters. The van der Waals surface area contributed by atoms with Crippen molar-refractivity contribution >= 4 is 62.3 Å². The number of benzene rings is 3. The van der Waals surface area contributed by atoms with Crippen LogP contribution in [0.5, 0.6) is 5.75 Å². The summed E-state index contributed by atoms with van der Waals surface area (Å²) >= 11 is 19.2. The van der Waals surface area contributed by atoms with Gasteiger partial charge in [-0.15, -0.1) is 0 Å². The van der Waals surface area contributed by atoms with Gasteiger partial charge in [0.05, 0.1) is 17.7 Å². The summed E-state index contributed by atoms with van der Waals surface area (Å²) in [4.78, 5) is 29.0. The molecule has 42 heavy (non-hydrogen) atoms. The monoisotopic (exact) mass is 653 g/mol. The highest BCUT2D eigenvalue weighted by Crippen LogP contribution is 2.35. The van der Waals surface area contributed by atoms with Gasteiger partial charge in [0.15, 0.2) is 0 Å². The molecule has 8 nitrogen and oxygen atoms in total. The van der Waals surface area contributed by atoms with Gasteiger partial charge in [-0.1, -0.05) is 66.0 Å². The van der Waals surface area contributed by atoms with E-state index in [2.05, 4.69) is 5.32 Å². The minimum absolute atomic E-state index is 0.0435. The van der Waals surface area contributed by atoms with E-state index in [1.165, 1.54) is 36.3 Å². The highest BCUT2D eigenvalue weighted by molar-refractivity contribution is 7.92. The highest BCUT2D eigenvalue weighted by atomic mass is 35.5. The van der Waals surface area contributed by atoms with Gasteiger partial charge in [-0.3, -0.25) is 13.9 Å². The lowest BCUT2D eigenvalue weighted by atomic mass is 10.1. The summed E-state index contributed by atoms with van der Waals surface area (Å²) in [7, 11) is -2.92. The topological polar surface area (TPSA) is 96.0 Å². The van der Waals surface area contributed by atoms with Crippen molar-refractivity contribution in [2.24, 2.45) is 0 Å². The van der Waals surface area contributed by atoms with Crippen LogP contribution in [0.25, 0.3) is 0 Å². The second-order valence-corrected chi connectivity index (χ2v) is 13.6. The van der Waals surface area contributed by atoms with Crippen LogP contribution in [0.1, 0.15) is 39.7 Å². The number of carbonyl (C=O) groups is 2. The van der Waals surface area contributed by atoms with E-state index in [0.29, 0.717) is 15.6 Å². The molecule has 0 spiro atoms. The van der Waals surface area contributed by atoms with Crippen molar-refractivity contribution in [3.8, 4) is 5.75 Å². The van der Waals surface area contributed by atoms with E-state index in [4.69, 9.17) is 39.5 Å². The quantitative estimate of drug-likeness (QED) is 0.252. The van der Waals surface area contributed by atoms with Gasteiger partial charge in [0.25, 0.3) is 10.0 Å². The van der Waals surface area contributed by atoms with Crippen molar-refractivity contribution in [1.29, 1.82) is 0 Å². The average Bonchev–Trinajstić information content (AvgIpc) is 2.92. The Labute approximate surface area is 262 Å². The maximum Gasteiger partial charge on any atom is 0.264 e. The number of ether oxygens (including phenoxy) is 1. The van der Waals surface area contributed by atoms with Crippen LogP contribution in [-0.2, 0) is 26.2 Å². The largest absolute Gasteiger partial charge is 0.495 e. The third-order valence-electron chi connectivity index (χ3n) is 6.29. The number of carbonyl (C=O) groups excluding carboxylic acids is 2. The van der Waals surface area contributed by atoms with E-state index in [1.807, 2.05) is 20.8 Å². The van der Waals surface area contributed by atoms with Gasteiger partial charge in [0.2, 0.25) is 11.8 Å². The van der Waals surface area contributed by atoms with Crippen molar-refractivity contribution in [2.75, 3.05) is 18.0 Å². The molecule has 0 saturated heterocycles. The Balaban J connectivity index is 2.17. The van der Waals surface area contributed by atoms with Gasteiger partial charge < -0.3 is 15.0 Å². The Hall–Kier alpha value is -2.98. The standard InChI is InChI=1S/C30H34Cl3N3O5S/c1-6-25(29(38)34-30(2,3)4)35(18-22-23(32)13-10-14-24(22)33)28(37)19-36(26-17-20(31)15-16-27(26)41-5)42(39,40)21-11-8-7-9-12-21/h7-17,25H,6,18-19H2,1-5H3,(H,34,38). The van der Waals surface area contributed by atoms with E-state index >= 15 is 0 Å². The Morgan fingerprint density at radius 1 is 0.952 bits per heavy atom. The predicted octanol–water partition coefficient (Wildman–Crippen LogP) is 6.57. The summed E-state index contributed by atoms with van der Waals surface area (Å²) in [5.41, 5.74) is -0.0999. The molecule has 3 aromatic rings. The molecule has 3 aromatic carbocycles. The Morgan fingerprint density at radius 3 is 2.12 bits per heavy atom. The molecule has 0 saturated carbocycles. The van der Waals surface area contributed by atoms with Gasteiger partial charge >= 0.3 is 0 Å². The fourth-order valence-electron chi connectivity index (χ4n) is 4.32. The normalized spacial score (nSPS) is 12.4. The summed E-state index contributed by atoms with van der Waals surface area (Å²) in [5, 5.41) is 3.76. The first-order valence-corrected chi connectivity index (χ1v) is 15.7. The number of hydrogen-bond acceptors (Lipinski definition) is 5. The molecular formula is C30H34Cl3N3O5S.